The lowest BCUT2D eigenvalue weighted by Gasteiger charge is -2.14. The van der Waals surface area contributed by atoms with E-state index in [1.807, 2.05) is 10.9 Å². The first kappa shape index (κ1) is 12.7. The second kappa shape index (κ2) is 5.35. The summed E-state index contributed by atoms with van der Waals surface area (Å²) >= 11 is 7.12. The Balaban J connectivity index is 1.66. The van der Waals surface area contributed by atoms with Gasteiger partial charge in [0, 0.05) is 24.3 Å². The van der Waals surface area contributed by atoms with Crippen molar-refractivity contribution in [1.29, 1.82) is 0 Å². The summed E-state index contributed by atoms with van der Waals surface area (Å²) < 4.78 is 2.68. The third-order valence-corrected chi connectivity index (χ3v) is 4.54. The average Bonchev–Trinajstić information content (AvgIpc) is 3.02. The number of amides is 1. The molecule has 1 N–H and O–H groups in total. The highest BCUT2D eigenvalue weighted by atomic mass is 35.5. The van der Waals surface area contributed by atoms with Crippen molar-refractivity contribution in [1.82, 2.24) is 15.1 Å². The highest BCUT2D eigenvalue weighted by molar-refractivity contribution is 7.17. The summed E-state index contributed by atoms with van der Waals surface area (Å²) in [6.07, 6.45) is 5.31. The van der Waals surface area contributed by atoms with Crippen LogP contribution in [0.5, 0.6) is 0 Å². The van der Waals surface area contributed by atoms with Gasteiger partial charge in [0.2, 0.25) is 0 Å². The highest BCUT2D eigenvalue weighted by Gasteiger charge is 2.15. The minimum atomic E-state index is -0.0762. The molecule has 0 spiro atoms. The number of thiophene rings is 1. The van der Waals surface area contributed by atoms with Crippen LogP contribution in [0.25, 0.3) is 0 Å². The number of hydrogen-bond acceptors (Lipinski definition) is 3. The molecule has 100 valence electrons. The molecule has 0 aliphatic carbocycles. The lowest BCUT2D eigenvalue weighted by atomic mass is 10.1. The molecule has 0 bridgehead atoms. The number of nitrogens with zero attached hydrogens (tertiary/aromatic N) is 2. The van der Waals surface area contributed by atoms with Gasteiger partial charge >= 0.3 is 0 Å². The fourth-order valence-electron chi connectivity index (χ4n) is 2.33. The molecule has 1 aliphatic heterocycles. The van der Waals surface area contributed by atoms with E-state index in [0.29, 0.717) is 15.8 Å². The number of halogens is 1. The fraction of sp³-hybridized carbons (Fsp3) is 0.385. The molecule has 3 heterocycles. The van der Waals surface area contributed by atoms with Gasteiger partial charge in [-0.1, -0.05) is 11.6 Å². The molecular formula is C13H14ClN3OS. The van der Waals surface area contributed by atoms with Crippen molar-refractivity contribution in [3.63, 3.8) is 0 Å². The monoisotopic (exact) mass is 295 g/mol. The zero-order valence-corrected chi connectivity index (χ0v) is 11.9. The van der Waals surface area contributed by atoms with Crippen LogP contribution in [0.3, 0.4) is 0 Å². The molecule has 19 heavy (non-hydrogen) atoms. The number of hydrogen-bond donors (Lipinski definition) is 1. The van der Waals surface area contributed by atoms with Crippen LogP contribution in [0.4, 0.5) is 0 Å². The number of carbonyl (C=O) groups excluding carboxylic acids is 1. The molecule has 3 rings (SSSR count). The normalized spacial score (nSPS) is 14.2. The van der Waals surface area contributed by atoms with Gasteiger partial charge < -0.3 is 5.32 Å². The Hall–Kier alpha value is -1.33. The summed E-state index contributed by atoms with van der Waals surface area (Å²) in [4.78, 5) is 12.6. The molecule has 0 aromatic carbocycles. The Labute approximate surface area is 120 Å². The average molecular weight is 296 g/mol. The van der Waals surface area contributed by atoms with E-state index in [1.165, 1.54) is 29.9 Å². The highest BCUT2D eigenvalue weighted by Crippen LogP contribution is 2.22. The zero-order valence-electron chi connectivity index (χ0n) is 10.4. The third-order valence-electron chi connectivity index (χ3n) is 3.31. The number of rotatable bonds is 3. The number of aryl methyl sites for hydroxylation is 1. The Morgan fingerprint density at radius 1 is 1.47 bits per heavy atom. The van der Waals surface area contributed by atoms with Crippen molar-refractivity contribution in [2.75, 3.05) is 0 Å². The largest absolute Gasteiger partial charge is 0.347 e. The van der Waals surface area contributed by atoms with Gasteiger partial charge in [0.25, 0.3) is 5.91 Å². The molecule has 6 heteroatoms. The molecule has 2 aromatic rings. The molecule has 2 aromatic heterocycles. The van der Waals surface area contributed by atoms with Crippen molar-refractivity contribution >= 4 is 28.8 Å². The van der Waals surface area contributed by atoms with Gasteiger partial charge in [0.15, 0.2) is 0 Å². The van der Waals surface area contributed by atoms with Crippen LogP contribution in [0, 0.1) is 0 Å². The zero-order chi connectivity index (χ0) is 13.2. The molecule has 4 nitrogen and oxygen atoms in total. The first-order chi connectivity index (χ1) is 9.24. The fourth-order valence-corrected chi connectivity index (χ4v) is 3.29. The van der Waals surface area contributed by atoms with Gasteiger partial charge in [-0.2, -0.15) is 5.10 Å². The van der Waals surface area contributed by atoms with Crippen molar-refractivity contribution in [2.24, 2.45) is 0 Å². The van der Waals surface area contributed by atoms with E-state index >= 15 is 0 Å². The first-order valence-electron chi connectivity index (χ1n) is 6.31. The van der Waals surface area contributed by atoms with E-state index in [1.54, 1.807) is 12.1 Å². The van der Waals surface area contributed by atoms with Crippen molar-refractivity contribution in [2.45, 2.75) is 32.4 Å². The molecule has 0 atom stereocenters. The standard InChI is InChI=1S/C13H14ClN3OS/c14-12-5-4-11(19-12)13(18)15-7-9-8-16-17-6-2-1-3-10(9)17/h4-5,8H,1-3,6-7H2,(H,15,18). The van der Waals surface area contributed by atoms with E-state index in [-0.39, 0.29) is 5.91 Å². The van der Waals surface area contributed by atoms with Gasteiger partial charge in [0.05, 0.1) is 15.4 Å². The van der Waals surface area contributed by atoms with Crippen molar-refractivity contribution in [3.8, 4) is 0 Å². The summed E-state index contributed by atoms with van der Waals surface area (Å²) in [6, 6.07) is 3.48. The van der Waals surface area contributed by atoms with Crippen molar-refractivity contribution < 1.29 is 4.79 Å². The summed E-state index contributed by atoms with van der Waals surface area (Å²) in [7, 11) is 0. The number of nitrogens with one attached hydrogen (secondary N) is 1. The summed E-state index contributed by atoms with van der Waals surface area (Å²) in [5.41, 5.74) is 2.38. The summed E-state index contributed by atoms with van der Waals surface area (Å²) in [5, 5.41) is 7.28. The van der Waals surface area contributed by atoms with E-state index in [9.17, 15) is 4.79 Å². The van der Waals surface area contributed by atoms with Gasteiger partial charge in [-0.25, -0.2) is 0 Å². The van der Waals surface area contributed by atoms with Crippen LogP contribution in [0.1, 0.15) is 33.8 Å². The predicted molar refractivity (Wildman–Crippen MR) is 75.7 cm³/mol. The smallest absolute Gasteiger partial charge is 0.261 e. The van der Waals surface area contributed by atoms with Gasteiger partial charge in [-0.15, -0.1) is 11.3 Å². The van der Waals surface area contributed by atoms with Crippen LogP contribution < -0.4 is 5.32 Å². The van der Waals surface area contributed by atoms with E-state index in [4.69, 9.17) is 11.6 Å². The van der Waals surface area contributed by atoms with E-state index < -0.39 is 0 Å². The maximum absolute atomic E-state index is 11.9. The number of aromatic nitrogens is 2. The minimum Gasteiger partial charge on any atom is -0.347 e. The molecule has 0 saturated carbocycles. The Morgan fingerprint density at radius 3 is 3.16 bits per heavy atom. The maximum atomic E-state index is 11.9. The lowest BCUT2D eigenvalue weighted by molar-refractivity contribution is 0.0955. The molecule has 1 aliphatic rings. The lowest BCUT2D eigenvalue weighted by Crippen LogP contribution is -2.23. The predicted octanol–water partition coefficient (Wildman–Crippen LogP) is 2.86. The van der Waals surface area contributed by atoms with E-state index in [2.05, 4.69) is 10.4 Å². The minimum absolute atomic E-state index is 0.0762. The third kappa shape index (κ3) is 2.67. The van der Waals surface area contributed by atoms with Gasteiger partial charge in [-0.3, -0.25) is 9.48 Å². The van der Waals surface area contributed by atoms with Crippen LogP contribution in [0.2, 0.25) is 4.34 Å². The van der Waals surface area contributed by atoms with Crippen molar-refractivity contribution in [3.05, 3.63) is 38.8 Å². The molecule has 0 saturated heterocycles. The molecule has 0 radical (unpaired) electrons. The number of carbonyl (C=O) groups is 1. The van der Waals surface area contributed by atoms with Crippen LogP contribution in [0.15, 0.2) is 18.3 Å². The Morgan fingerprint density at radius 2 is 2.37 bits per heavy atom. The quantitative estimate of drug-likeness (QED) is 0.946. The summed E-state index contributed by atoms with van der Waals surface area (Å²) in [5.74, 6) is -0.0762. The Kier molecular flexibility index (Phi) is 3.57. The van der Waals surface area contributed by atoms with E-state index in [0.717, 1.165) is 18.5 Å². The molecule has 1 amide bonds. The SMILES string of the molecule is O=C(NCc1cnn2c1CCCC2)c1ccc(Cl)s1. The Bertz CT molecular complexity index is 605. The molecular weight excluding hydrogens is 282 g/mol. The van der Waals surface area contributed by atoms with Crippen LogP contribution in [-0.2, 0) is 19.5 Å². The first-order valence-corrected chi connectivity index (χ1v) is 7.50. The molecule has 0 fully saturated rings. The van der Waals surface area contributed by atoms with Gasteiger partial charge in [-0.05, 0) is 31.4 Å². The van der Waals surface area contributed by atoms with Crippen LogP contribution >= 0.6 is 22.9 Å². The number of fused-ring (bicyclic) bond motifs is 1. The topological polar surface area (TPSA) is 46.9 Å². The molecule has 0 unspecified atom stereocenters. The second-order valence-electron chi connectivity index (χ2n) is 4.58. The van der Waals surface area contributed by atoms with Crippen LogP contribution in [-0.4, -0.2) is 15.7 Å². The van der Waals surface area contributed by atoms with Gasteiger partial charge in [0.1, 0.15) is 0 Å². The maximum Gasteiger partial charge on any atom is 0.261 e. The summed E-state index contributed by atoms with van der Waals surface area (Å²) in [6.45, 7) is 1.52. The second-order valence-corrected chi connectivity index (χ2v) is 6.30.